The van der Waals surface area contributed by atoms with E-state index in [1.54, 1.807) is 12.4 Å². The summed E-state index contributed by atoms with van der Waals surface area (Å²) in [6.45, 7) is 3.90. The number of carbonyl (C=O) groups is 1. The molecule has 1 N–H and O–H groups in total. The lowest BCUT2D eigenvalue weighted by Crippen LogP contribution is -2.46. The molecular formula is C21H22N6O. The molecule has 0 bridgehead atoms. The van der Waals surface area contributed by atoms with Crippen LogP contribution in [-0.4, -0.2) is 47.0 Å². The van der Waals surface area contributed by atoms with Gasteiger partial charge in [0.1, 0.15) is 11.5 Å². The van der Waals surface area contributed by atoms with Gasteiger partial charge in [-0.1, -0.05) is 12.1 Å². The standard InChI is InChI=1S/C21H22N6O/c28-21(25-16-17-5-1-3-8-22-17)19-15-18(7-10-23-19)26-11-13-27(14-12-26)20-6-2-4-9-24-20/h1-10,15H,11-14,16H2,(H,25,28). The van der Waals surface area contributed by atoms with Gasteiger partial charge in [-0.3, -0.25) is 14.8 Å². The van der Waals surface area contributed by atoms with Gasteiger partial charge in [0.15, 0.2) is 0 Å². The van der Waals surface area contributed by atoms with Crippen LogP contribution in [0.3, 0.4) is 0 Å². The number of hydrogen-bond acceptors (Lipinski definition) is 6. The first-order valence-corrected chi connectivity index (χ1v) is 9.35. The fourth-order valence-corrected chi connectivity index (χ4v) is 3.24. The number of pyridine rings is 3. The second kappa shape index (κ2) is 8.47. The van der Waals surface area contributed by atoms with Crippen molar-refractivity contribution < 1.29 is 4.79 Å². The van der Waals surface area contributed by atoms with Crippen LogP contribution in [0.5, 0.6) is 0 Å². The lowest BCUT2D eigenvalue weighted by atomic mass is 10.2. The number of piperazine rings is 1. The molecule has 0 aromatic carbocycles. The Morgan fingerprint density at radius 3 is 2.32 bits per heavy atom. The van der Waals surface area contributed by atoms with Gasteiger partial charge in [-0.2, -0.15) is 0 Å². The van der Waals surface area contributed by atoms with Gasteiger partial charge in [0.05, 0.1) is 12.2 Å². The summed E-state index contributed by atoms with van der Waals surface area (Å²) >= 11 is 0. The summed E-state index contributed by atoms with van der Waals surface area (Å²) in [6, 6.07) is 15.4. The number of hydrogen-bond donors (Lipinski definition) is 1. The highest BCUT2D eigenvalue weighted by Gasteiger charge is 2.19. The van der Waals surface area contributed by atoms with Crippen LogP contribution in [-0.2, 0) is 6.54 Å². The van der Waals surface area contributed by atoms with Crippen molar-refractivity contribution in [3.63, 3.8) is 0 Å². The molecule has 7 heteroatoms. The molecule has 4 heterocycles. The Morgan fingerprint density at radius 1 is 0.857 bits per heavy atom. The van der Waals surface area contributed by atoms with Gasteiger partial charge in [-0.15, -0.1) is 0 Å². The Kier molecular flexibility index (Phi) is 5.42. The van der Waals surface area contributed by atoms with E-state index in [4.69, 9.17) is 0 Å². The van der Waals surface area contributed by atoms with Crippen LogP contribution in [0.1, 0.15) is 16.2 Å². The average Bonchev–Trinajstić information content (AvgIpc) is 2.79. The van der Waals surface area contributed by atoms with Gasteiger partial charge < -0.3 is 15.1 Å². The minimum Gasteiger partial charge on any atom is -0.368 e. The van der Waals surface area contributed by atoms with Gasteiger partial charge >= 0.3 is 0 Å². The van der Waals surface area contributed by atoms with Crippen molar-refractivity contribution in [2.45, 2.75) is 6.54 Å². The first-order chi connectivity index (χ1) is 13.8. The number of nitrogens with one attached hydrogen (secondary N) is 1. The number of nitrogens with zero attached hydrogens (tertiary/aromatic N) is 5. The Balaban J connectivity index is 1.37. The molecule has 142 valence electrons. The molecule has 0 unspecified atom stereocenters. The predicted octanol–water partition coefficient (Wildman–Crippen LogP) is 2.13. The third kappa shape index (κ3) is 4.25. The fourth-order valence-electron chi connectivity index (χ4n) is 3.24. The van der Waals surface area contributed by atoms with Crippen molar-refractivity contribution >= 4 is 17.4 Å². The van der Waals surface area contributed by atoms with Crippen molar-refractivity contribution in [2.24, 2.45) is 0 Å². The van der Waals surface area contributed by atoms with Crippen molar-refractivity contribution in [1.82, 2.24) is 20.3 Å². The maximum Gasteiger partial charge on any atom is 0.270 e. The molecule has 0 atom stereocenters. The van der Waals surface area contributed by atoms with Crippen LogP contribution in [0.2, 0.25) is 0 Å². The molecule has 3 aromatic rings. The normalized spacial score (nSPS) is 14.0. The molecule has 1 aliphatic heterocycles. The van der Waals surface area contributed by atoms with Crippen LogP contribution < -0.4 is 15.1 Å². The minimum atomic E-state index is -0.195. The van der Waals surface area contributed by atoms with E-state index in [9.17, 15) is 4.79 Å². The zero-order valence-corrected chi connectivity index (χ0v) is 15.5. The zero-order chi connectivity index (χ0) is 19.2. The van der Waals surface area contributed by atoms with Crippen molar-refractivity contribution in [3.8, 4) is 0 Å². The first kappa shape index (κ1) is 17.9. The van der Waals surface area contributed by atoms with Gasteiger partial charge in [-0.05, 0) is 36.4 Å². The van der Waals surface area contributed by atoms with Crippen LogP contribution in [0.15, 0.2) is 67.1 Å². The number of rotatable bonds is 5. The van der Waals surface area contributed by atoms with Gasteiger partial charge in [0.25, 0.3) is 5.91 Å². The number of amides is 1. The molecule has 7 nitrogen and oxygen atoms in total. The molecule has 0 aliphatic carbocycles. The summed E-state index contributed by atoms with van der Waals surface area (Å²) in [7, 11) is 0. The smallest absolute Gasteiger partial charge is 0.270 e. The van der Waals surface area contributed by atoms with Crippen molar-refractivity contribution in [3.05, 3.63) is 78.5 Å². The van der Waals surface area contributed by atoms with Crippen LogP contribution >= 0.6 is 0 Å². The van der Waals surface area contributed by atoms with E-state index < -0.39 is 0 Å². The second-order valence-corrected chi connectivity index (χ2v) is 6.57. The highest BCUT2D eigenvalue weighted by Crippen LogP contribution is 2.19. The molecule has 0 saturated carbocycles. The van der Waals surface area contributed by atoms with Crippen LogP contribution in [0, 0.1) is 0 Å². The summed E-state index contributed by atoms with van der Waals surface area (Å²) in [5.41, 5.74) is 2.25. The zero-order valence-electron chi connectivity index (χ0n) is 15.5. The fraction of sp³-hybridized carbons (Fsp3) is 0.238. The first-order valence-electron chi connectivity index (χ1n) is 9.35. The Hall–Kier alpha value is -3.48. The van der Waals surface area contributed by atoms with Crippen LogP contribution in [0.25, 0.3) is 0 Å². The van der Waals surface area contributed by atoms with E-state index >= 15 is 0 Å². The minimum absolute atomic E-state index is 0.195. The Morgan fingerprint density at radius 2 is 1.61 bits per heavy atom. The molecule has 3 aromatic heterocycles. The quantitative estimate of drug-likeness (QED) is 0.737. The Bertz CT molecular complexity index is 910. The molecule has 0 radical (unpaired) electrons. The molecule has 4 rings (SSSR count). The van der Waals surface area contributed by atoms with E-state index in [1.807, 2.05) is 54.7 Å². The number of anilines is 2. The topological polar surface area (TPSA) is 74.2 Å². The lowest BCUT2D eigenvalue weighted by molar-refractivity contribution is 0.0945. The largest absolute Gasteiger partial charge is 0.368 e. The van der Waals surface area contributed by atoms with Crippen LogP contribution in [0.4, 0.5) is 11.5 Å². The summed E-state index contributed by atoms with van der Waals surface area (Å²) in [6.07, 6.45) is 5.22. The van der Waals surface area contributed by atoms with Gasteiger partial charge in [0.2, 0.25) is 0 Å². The maximum atomic E-state index is 12.5. The molecule has 1 fully saturated rings. The third-order valence-corrected chi connectivity index (χ3v) is 4.75. The highest BCUT2D eigenvalue weighted by atomic mass is 16.1. The predicted molar refractivity (Wildman–Crippen MR) is 108 cm³/mol. The summed E-state index contributed by atoms with van der Waals surface area (Å²) < 4.78 is 0. The van der Waals surface area contributed by atoms with E-state index in [0.717, 1.165) is 43.4 Å². The molecule has 1 amide bonds. The summed E-state index contributed by atoms with van der Waals surface area (Å²) in [4.78, 5) is 29.9. The molecule has 1 aliphatic rings. The Labute approximate surface area is 164 Å². The summed E-state index contributed by atoms with van der Waals surface area (Å²) in [5.74, 6) is 0.811. The highest BCUT2D eigenvalue weighted by molar-refractivity contribution is 5.93. The molecule has 1 saturated heterocycles. The van der Waals surface area contributed by atoms with E-state index in [1.165, 1.54) is 0 Å². The lowest BCUT2D eigenvalue weighted by Gasteiger charge is -2.36. The number of carbonyl (C=O) groups excluding carboxylic acids is 1. The molecule has 0 spiro atoms. The molecule has 28 heavy (non-hydrogen) atoms. The third-order valence-electron chi connectivity index (χ3n) is 4.75. The maximum absolute atomic E-state index is 12.5. The average molecular weight is 374 g/mol. The van der Waals surface area contributed by atoms with E-state index in [0.29, 0.717) is 12.2 Å². The number of aromatic nitrogens is 3. The monoisotopic (exact) mass is 374 g/mol. The summed E-state index contributed by atoms with van der Waals surface area (Å²) in [5, 5.41) is 2.87. The van der Waals surface area contributed by atoms with Crippen molar-refractivity contribution in [2.75, 3.05) is 36.0 Å². The van der Waals surface area contributed by atoms with Crippen molar-refractivity contribution in [1.29, 1.82) is 0 Å². The second-order valence-electron chi connectivity index (χ2n) is 6.57. The van der Waals surface area contributed by atoms with E-state index in [2.05, 4.69) is 30.1 Å². The SMILES string of the molecule is O=C(NCc1ccccn1)c1cc(N2CCN(c3ccccn3)CC2)ccn1. The van der Waals surface area contributed by atoms with Gasteiger partial charge in [0, 0.05) is 50.5 Å². The molecular weight excluding hydrogens is 352 g/mol. The van der Waals surface area contributed by atoms with E-state index in [-0.39, 0.29) is 5.91 Å². The van der Waals surface area contributed by atoms with Gasteiger partial charge in [-0.25, -0.2) is 4.98 Å².